The number of hydrogen-bond acceptors (Lipinski definition) is 3. The molecule has 0 radical (unpaired) electrons. The van der Waals surface area contributed by atoms with Gasteiger partial charge in [-0.05, 0) is 55.6 Å². The molecule has 0 heterocycles. The number of hydrogen-bond donors (Lipinski definition) is 3. The summed E-state index contributed by atoms with van der Waals surface area (Å²) in [6.07, 6.45) is 15.1. The van der Waals surface area contributed by atoms with Crippen molar-refractivity contribution in [1.82, 2.24) is 0 Å². The molecule has 0 bridgehead atoms. The van der Waals surface area contributed by atoms with Crippen molar-refractivity contribution in [2.45, 2.75) is 76.7 Å². The zero-order valence-corrected chi connectivity index (χ0v) is 16.0. The zero-order chi connectivity index (χ0) is 18.7. The van der Waals surface area contributed by atoms with E-state index in [2.05, 4.69) is 0 Å². The lowest BCUT2D eigenvalue weighted by Crippen LogP contribution is -2.50. The Kier molecular flexibility index (Phi) is 6.24. The van der Waals surface area contributed by atoms with Gasteiger partial charge in [-0.1, -0.05) is 50.7 Å². The number of aliphatic carboxylic acids is 1. The van der Waals surface area contributed by atoms with Crippen LogP contribution in [0.2, 0.25) is 0 Å². The predicted octanol–water partition coefficient (Wildman–Crippen LogP) is 4.07. The Morgan fingerprint density at radius 2 is 1.69 bits per heavy atom. The molecule has 3 N–H and O–H groups in total. The topological polar surface area (TPSA) is 77.8 Å². The Morgan fingerprint density at radius 3 is 2.23 bits per heavy atom. The summed E-state index contributed by atoms with van der Waals surface area (Å²) in [4.78, 5) is 11.6. The first-order valence-electron chi connectivity index (χ1n) is 10.5. The highest BCUT2D eigenvalue weighted by atomic mass is 16.4. The van der Waals surface area contributed by atoms with Crippen LogP contribution in [0.3, 0.4) is 0 Å². The van der Waals surface area contributed by atoms with Crippen molar-refractivity contribution in [2.24, 2.45) is 23.7 Å². The Hall–Kier alpha value is -1.13. The van der Waals surface area contributed by atoms with Gasteiger partial charge in [0.2, 0.25) is 0 Å². The first-order chi connectivity index (χ1) is 12.5. The van der Waals surface area contributed by atoms with E-state index in [1.54, 1.807) is 6.92 Å². The largest absolute Gasteiger partial charge is 0.481 e. The molecule has 2 fully saturated rings. The number of aliphatic hydroxyl groups is 2. The SMILES string of the molecule is CC(C(=O)O)C1=CC(C2CCCCC2)C(O)(CO)C(C2CCCCC2)=C1. The third-order valence-electron chi connectivity index (χ3n) is 7.06. The van der Waals surface area contributed by atoms with E-state index in [-0.39, 0.29) is 18.4 Å². The molecule has 3 aliphatic carbocycles. The summed E-state index contributed by atoms with van der Waals surface area (Å²) in [5.41, 5.74) is 0.485. The molecule has 3 unspecified atom stereocenters. The molecule has 0 aromatic rings. The van der Waals surface area contributed by atoms with Gasteiger partial charge in [-0.3, -0.25) is 4.79 Å². The molecule has 26 heavy (non-hydrogen) atoms. The molecule has 0 saturated heterocycles. The molecule has 2 saturated carbocycles. The quantitative estimate of drug-likeness (QED) is 0.689. The van der Waals surface area contributed by atoms with Gasteiger partial charge in [0.25, 0.3) is 0 Å². The predicted molar refractivity (Wildman–Crippen MR) is 102 cm³/mol. The number of rotatable bonds is 5. The van der Waals surface area contributed by atoms with Crippen molar-refractivity contribution in [1.29, 1.82) is 0 Å². The molecule has 0 spiro atoms. The van der Waals surface area contributed by atoms with Crippen molar-refractivity contribution in [3.8, 4) is 0 Å². The third kappa shape index (κ3) is 3.77. The molecule has 146 valence electrons. The average Bonchev–Trinajstić information content (AvgIpc) is 2.68. The maximum atomic E-state index is 11.6. The molecular weight excluding hydrogens is 328 g/mol. The molecule has 0 amide bonds. The Bertz CT molecular complexity index is 567. The Balaban J connectivity index is 2.00. The highest BCUT2D eigenvalue weighted by molar-refractivity contribution is 5.74. The van der Waals surface area contributed by atoms with E-state index in [1.165, 1.54) is 12.8 Å². The number of carboxylic acid groups (broad SMARTS) is 1. The van der Waals surface area contributed by atoms with Crippen LogP contribution in [0.1, 0.15) is 71.1 Å². The Morgan fingerprint density at radius 1 is 1.12 bits per heavy atom. The molecule has 0 aromatic carbocycles. The van der Waals surface area contributed by atoms with Crippen molar-refractivity contribution < 1.29 is 20.1 Å². The van der Waals surface area contributed by atoms with Crippen LogP contribution in [0.5, 0.6) is 0 Å². The third-order valence-corrected chi connectivity index (χ3v) is 7.06. The van der Waals surface area contributed by atoms with E-state index in [0.29, 0.717) is 5.92 Å². The van der Waals surface area contributed by atoms with E-state index in [1.807, 2.05) is 12.2 Å². The highest BCUT2D eigenvalue weighted by Crippen LogP contribution is 2.48. The highest BCUT2D eigenvalue weighted by Gasteiger charge is 2.47. The number of carbonyl (C=O) groups is 1. The molecule has 3 rings (SSSR count). The maximum Gasteiger partial charge on any atom is 0.310 e. The number of carboxylic acids is 1. The van der Waals surface area contributed by atoms with Gasteiger partial charge < -0.3 is 15.3 Å². The summed E-state index contributed by atoms with van der Waals surface area (Å²) in [5.74, 6) is -0.998. The summed E-state index contributed by atoms with van der Waals surface area (Å²) in [6, 6.07) is 0. The lowest BCUT2D eigenvalue weighted by molar-refractivity contribution is -0.139. The van der Waals surface area contributed by atoms with Gasteiger partial charge in [-0.2, -0.15) is 0 Å². The van der Waals surface area contributed by atoms with Gasteiger partial charge in [-0.15, -0.1) is 0 Å². The van der Waals surface area contributed by atoms with E-state index in [0.717, 1.165) is 62.5 Å². The molecule has 4 heteroatoms. The second-order valence-electron chi connectivity index (χ2n) is 8.67. The minimum atomic E-state index is -1.23. The summed E-state index contributed by atoms with van der Waals surface area (Å²) in [5, 5.41) is 31.4. The van der Waals surface area contributed by atoms with E-state index >= 15 is 0 Å². The molecule has 3 aliphatic rings. The summed E-state index contributed by atoms with van der Waals surface area (Å²) in [7, 11) is 0. The average molecular weight is 363 g/mol. The van der Waals surface area contributed by atoms with Gasteiger partial charge >= 0.3 is 5.97 Å². The van der Waals surface area contributed by atoms with Crippen molar-refractivity contribution >= 4 is 5.97 Å². The van der Waals surface area contributed by atoms with Crippen LogP contribution in [0.15, 0.2) is 23.3 Å². The van der Waals surface area contributed by atoms with Crippen LogP contribution in [-0.4, -0.2) is 33.5 Å². The molecule has 0 aromatic heterocycles. The van der Waals surface area contributed by atoms with Crippen molar-refractivity contribution in [3.63, 3.8) is 0 Å². The van der Waals surface area contributed by atoms with E-state index < -0.39 is 17.5 Å². The van der Waals surface area contributed by atoms with Gasteiger partial charge in [-0.25, -0.2) is 0 Å². The number of aliphatic hydroxyl groups excluding tert-OH is 1. The monoisotopic (exact) mass is 362 g/mol. The fraction of sp³-hybridized carbons (Fsp3) is 0.773. The molecular formula is C22H34O4. The molecule has 0 aliphatic heterocycles. The lowest BCUT2D eigenvalue weighted by atomic mass is 9.62. The lowest BCUT2D eigenvalue weighted by Gasteiger charge is -2.46. The summed E-state index contributed by atoms with van der Waals surface area (Å²) < 4.78 is 0. The van der Waals surface area contributed by atoms with Gasteiger partial charge in [0, 0.05) is 5.92 Å². The first kappa shape index (κ1) is 19.6. The minimum Gasteiger partial charge on any atom is -0.481 e. The smallest absolute Gasteiger partial charge is 0.310 e. The molecule has 3 atom stereocenters. The van der Waals surface area contributed by atoms with Crippen LogP contribution < -0.4 is 0 Å². The van der Waals surface area contributed by atoms with E-state index in [9.17, 15) is 20.1 Å². The summed E-state index contributed by atoms with van der Waals surface area (Å²) >= 11 is 0. The number of allylic oxidation sites excluding steroid dienone is 1. The standard InChI is InChI=1S/C22H34O4/c1-15(21(24)25)18-12-19(16-8-4-2-5-9-16)22(26,14-23)20(13-18)17-10-6-3-7-11-17/h12-13,15-17,19,23,26H,2-11,14H2,1H3,(H,24,25). The second kappa shape index (κ2) is 8.26. The second-order valence-corrected chi connectivity index (χ2v) is 8.67. The van der Waals surface area contributed by atoms with Crippen molar-refractivity contribution in [2.75, 3.05) is 6.61 Å². The normalized spacial score (nSPS) is 32.7. The van der Waals surface area contributed by atoms with Crippen LogP contribution in [0.4, 0.5) is 0 Å². The minimum absolute atomic E-state index is 0.175. The fourth-order valence-electron chi connectivity index (χ4n) is 5.40. The maximum absolute atomic E-state index is 11.6. The zero-order valence-electron chi connectivity index (χ0n) is 16.0. The van der Waals surface area contributed by atoms with Gasteiger partial charge in [0.05, 0.1) is 12.5 Å². The van der Waals surface area contributed by atoms with Crippen molar-refractivity contribution in [3.05, 3.63) is 23.3 Å². The first-order valence-corrected chi connectivity index (χ1v) is 10.5. The Labute approximate surface area is 157 Å². The van der Waals surface area contributed by atoms with Crippen LogP contribution in [-0.2, 0) is 4.79 Å². The van der Waals surface area contributed by atoms with Gasteiger partial charge in [0.15, 0.2) is 0 Å². The van der Waals surface area contributed by atoms with Crippen LogP contribution >= 0.6 is 0 Å². The van der Waals surface area contributed by atoms with Crippen LogP contribution in [0, 0.1) is 23.7 Å². The van der Waals surface area contributed by atoms with E-state index in [4.69, 9.17) is 0 Å². The molecule has 4 nitrogen and oxygen atoms in total. The van der Waals surface area contributed by atoms with Gasteiger partial charge in [0.1, 0.15) is 5.60 Å². The van der Waals surface area contributed by atoms with Crippen LogP contribution in [0.25, 0.3) is 0 Å². The fourth-order valence-corrected chi connectivity index (χ4v) is 5.40. The summed E-state index contributed by atoms with van der Waals surface area (Å²) in [6.45, 7) is 1.45.